The van der Waals surface area contributed by atoms with Crippen molar-refractivity contribution in [1.29, 1.82) is 0 Å². The molecule has 0 bridgehead atoms. The molecule has 1 aliphatic heterocycles. The summed E-state index contributed by atoms with van der Waals surface area (Å²) in [6.07, 6.45) is 6.02. The van der Waals surface area contributed by atoms with E-state index in [-0.39, 0.29) is 5.60 Å². The summed E-state index contributed by atoms with van der Waals surface area (Å²) in [5.41, 5.74) is 0.250. The van der Waals surface area contributed by atoms with Gasteiger partial charge in [0.15, 0.2) is 0 Å². The lowest BCUT2D eigenvalue weighted by molar-refractivity contribution is 0.236. The molecule has 0 aromatic heterocycles. The second-order valence-corrected chi connectivity index (χ2v) is 3.28. The number of fused-ring (bicyclic) bond motifs is 1. The molecule has 0 N–H and O–H groups in total. The maximum Gasteiger partial charge on any atom is 0.106 e. The summed E-state index contributed by atoms with van der Waals surface area (Å²) in [6, 6.07) is 0. The highest BCUT2D eigenvalue weighted by atomic mass is 16.6. The topological polar surface area (TPSA) is 12.5 Å². The molecule has 1 saturated heterocycles. The number of epoxide rings is 1. The second kappa shape index (κ2) is 1.40. The van der Waals surface area contributed by atoms with Crippen molar-refractivity contribution in [2.24, 2.45) is 5.92 Å². The summed E-state index contributed by atoms with van der Waals surface area (Å²) in [6.45, 7) is 4.46. The number of ether oxygens (including phenoxy) is 1. The van der Waals surface area contributed by atoms with Crippen LogP contribution in [0.4, 0.5) is 0 Å². The average Bonchev–Trinajstić information content (AvgIpc) is 2.38. The van der Waals surface area contributed by atoms with Crippen molar-refractivity contribution in [1.82, 2.24) is 0 Å². The maximum atomic E-state index is 5.52. The largest absolute Gasteiger partial charge is 0.361 e. The van der Waals surface area contributed by atoms with Crippen LogP contribution in [-0.2, 0) is 4.74 Å². The van der Waals surface area contributed by atoms with Crippen molar-refractivity contribution in [3.8, 4) is 0 Å². The van der Waals surface area contributed by atoms with Crippen molar-refractivity contribution in [2.75, 3.05) is 0 Å². The molecule has 2 atom stereocenters. The molecule has 1 fully saturated rings. The zero-order valence-corrected chi connectivity index (χ0v) is 5.92. The molecule has 0 spiro atoms. The van der Waals surface area contributed by atoms with E-state index in [2.05, 4.69) is 26.0 Å². The first-order valence-corrected chi connectivity index (χ1v) is 3.60. The van der Waals surface area contributed by atoms with E-state index in [1.807, 2.05) is 0 Å². The third kappa shape index (κ3) is 0.531. The Hall–Kier alpha value is -0.300. The Morgan fingerprint density at radius 2 is 2.44 bits per heavy atom. The van der Waals surface area contributed by atoms with Crippen LogP contribution in [0, 0.1) is 5.92 Å². The Labute approximate surface area is 55.7 Å². The molecule has 1 heteroatoms. The van der Waals surface area contributed by atoms with Crippen molar-refractivity contribution >= 4 is 0 Å². The summed E-state index contributed by atoms with van der Waals surface area (Å²) < 4.78 is 5.52. The van der Waals surface area contributed by atoms with Gasteiger partial charge in [0.2, 0.25) is 0 Å². The van der Waals surface area contributed by atoms with E-state index in [1.165, 1.54) is 0 Å². The molecule has 0 amide bonds. The third-order valence-corrected chi connectivity index (χ3v) is 2.50. The van der Waals surface area contributed by atoms with E-state index in [1.54, 1.807) is 0 Å². The summed E-state index contributed by atoms with van der Waals surface area (Å²) in [5, 5.41) is 0. The van der Waals surface area contributed by atoms with Gasteiger partial charge in [-0.3, -0.25) is 0 Å². The monoisotopic (exact) mass is 124 g/mol. The van der Waals surface area contributed by atoms with E-state index in [4.69, 9.17) is 4.74 Å². The molecule has 2 unspecified atom stereocenters. The molecule has 2 rings (SSSR count). The SMILES string of the molecule is CC(C)C12CC=CC1O2. The zero-order valence-electron chi connectivity index (χ0n) is 5.92. The molecule has 0 radical (unpaired) electrons. The van der Waals surface area contributed by atoms with Gasteiger partial charge >= 0.3 is 0 Å². The van der Waals surface area contributed by atoms with E-state index >= 15 is 0 Å². The van der Waals surface area contributed by atoms with Crippen LogP contribution in [0.5, 0.6) is 0 Å². The van der Waals surface area contributed by atoms with Crippen molar-refractivity contribution in [3.05, 3.63) is 12.2 Å². The van der Waals surface area contributed by atoms with Crippen LogP contribution in [0.15, 0.2) is 12.2 Å². The molecule has 0 saturated carbocycles. The van der Waals surface area contributed by atoms with Gasteiger partial charge in [0, 0.05) is 0 Å². The quantitative estimate of drug-likeness (QED) is 0.383. The molecule has 0 aromatic rings. The maximum absolute atomic E-state index is 5.52. The number of hydrogen-bond donors (Lipinski definition) is 0. The van der Waals surface area contributed by atoms with Gasteiger partial charge in [0.05, 0.1) is 0 Å². The predicted molar refractivity (Wildman–Crippen MR) is 36.2 cm³/mol. The second-order valence-electron chi connectivity index (χ2n) is 3.28. The van der Waals surface area contributed by atoms with Crippen LogP contribution in [0.2, 0.25) is 0 Å². The van der Waals surface area contributed by atoms with Crippen LogP contribution < -0.4 is 0 Å². The fraction of sp³-hybridized carbons (Fsp3) is 0.750. The van der Waals surface area contributed by atoms with Gasteiger partial charge in [-0.1, -0.05) is 26.0 Å². The summed E-state index contributed by atoms with van der Waals surface area (Å²) in [4.78, 5) is 0. The molecule has 0 aromatic carbocycles. The van der Waals surface area contributed by atoms with Crippen LogP contribution in [-0.4, -0.2) is 11.7 Å². The van der Waals surface area contributed by atoms with E-state index in [0.717, 1.165) is 6.42 Å². The van der Waals surface area contributed by atoms with E-state index < -0.39 is 0 Å². The lowest BCUT2D eigenvalue weighted by atomic mass is 9.93. The van der Waals surface area contributed by atoms with Crippen LogP contribution in [0.1, 0.15) is 20.3 Å². The minimum atomic E-state index is 0.250. The van der Waals surface area contributed by atoms with Crippen molar-refractivity contribution in [3.63, 3.8) is 0 Å². The van der Waals surface area contributed by atoms with Gasteiger partial charge in [-0.15, -0.1) is 0 Å². The average molecular weight is 124 g/mol. The number of rotatable bonds is 1. The highest BCUT2D eigenvalue weighted by Gasteiger charge is 2.58. The predicted octanol–water partition coefficient (Wildman–Crippen LogP) is 1.74. The normalized spacial score (nSPS) is 45.9. The summed E-state index contributed by atoms with van der Waals surface area (Å²) >= 11 is 0. The standard InChI is InChI=1S/C8H12O/c1-6(2)8-5-3-4-7(8)9-8/h3-4,6-7H,5H2,1-2H3. The summed E-state index contributed by atoms with van der Waals surface area (Å²) in [7, 11) is 0. The smallest absolute Gasteiger partial charge is 0.106 e. The molecule has 50 valence electrons. The lowest BCUT2D eigenvalue weighted by Gasteiger charge is -2.10. The highest BCUT2D eigenvalue weighted by molar-refractivity contribution is 5.23. The molecule has 1 heterocycles. The fourth-order valence-corrected chi connectivity index (χ4v) is 1.64. The molecule has 2 aliphatic rings. The van der Waals surface area contributed by atoms with Crippen LogP contribution in [0.3, 0.4) is 0 Å². The van der Waals surface area contributed by atoms with E-state index in [9.17, 15) is 0 Å². The Bertz CT molecular complexity index is 160. The Balaban J connectivity index is 2.15. The van der Waals surface area contributed by atoms with Crippen molar-refractivity contribution in [2.45, 2.75) is 32.0 Å². The first-order valence-electron chi connectivity index (χ1n) is 3.60. The van der Waals surface area contributed by atoms with Gasteiger partial charge in [0.1, 0.15) is 11.7 Å². The Kier molecular flexibility index (Phi) is 0.854. The highest BCUT2D eigenvalue weighted by Crippen LogP contribution is 2.50. The van der Waals surface area contributed by atoms with Crippen molar-refractivity contribution < 1.29 is 4.74 Å². The number of hydrogen-bond acceptors (Lipinski definition) is 1. The Morgan fingerprint density at radius 3 is 2.67 bits per heavy atom. The third-order valence-electron chi connectivity index (χ3n) is 2.50. The summed E-state index contributed by atoms with van der Waals surface area (Å²) in [5.74, 6) is 0.678. The van der Waals surface area contributed by atoms with E-state index in [0.29, 0.717) is 12.0 Å². The molecular formula is C8H12O. The van der Waals surface area contributed by atoms with Gasteiger partial charge in [0.25, 0.3) is 0 Å². The van der Waals surface area contributed by atoms with Crippen LogP contribution in [0.25, 0.3) is 0 Å². The lowest BCUT2D eigenvalue weighted by Crippen LogP contribution is -2.18. The molecule has 1 nitrogen and oxygen atoms in total. The molecular weight excluding hydrogens is 112 g/mol. The zero-order chi connectivity index (χ0) is 6.48. The minimum Gasteiger partial charge on any atom is -0.361 e. The van der Waals surface area contributed by atoms with Crippen LogP contribution >= 0.6 is 0 Å². The minimum absolute atomic E-state index is 0.250. The first-order chi connectivity index (χ1) is 4.26. The van der Waals surface area contributed by atoms with Gasteiger partial charge in [-0.25, -0.2) is 0 Å². The molecule has 9 heavy (non-hydrogen) atoms. The fourth-order valence-electron chi connectivity index (χ4n) is 1.64. The first kappa shape index (κ1) is 5.48. The van der Waals surface area contributed by atoms with Gasteiger partial charge in [-0.05, 0) is 12.3 Å². The Morgan fingerprint density at radius 1 is 1.67 bits per heavy atom. The van der Waals surface area contributed by atoms with Gasteiger partial charge in [-0.2, -0.15) is 0 Å². The molecule has 1 aliphatic carbocycles. The van der Waals surface area contributed by atoms with Gasteiger partial charge < -0.3 is 4.74 Å².